The second-order valence-corrected chi connectivity index (χ2v) is 7.63. The second kappa shape index (κ2) is 6.13. The summed E-state index contributed by atoms with van der Waals surface area (Å²) in [6.45, 7) is 0.179. The van der Waals surface area contributed by atoms with Gasteiger partial charge in [-0.1, -0.05) is 42.5 Å². The van der Waals surface area contributed by atoms with Gasteiger partial charge in [0.05, 0.1) is 12.2 Å². The maximum absolute atomic E-state index is 13.0. The van der Waals surface area contributed by atoms with Gasteiger partial charge in [-0.25, -0.2) is 8.42 Å². The van der Waals surface area contributed by atoms with Gasteiger partial charge in [0.1, 0.15) is 0 Å². The molecule has 0 aromatic heterocycles. The lowest BCUT2D eigenvalue weighted by atomic mass is 10.1. The van der Waals surface area contributed by atoms with Crippen LogP contribution in [0.5, 0.6) is 0 Å². The van der Waals surface area contributed by atoms with Gasteiger partial charge in [-0.2, -0.15) is 0 Å². The summed E-state index contributed by atoms with van der Waals surface area (Å²) >= 11 is 0. The summed E-state index contributed by atoms with van der Waals surface area (Å²) < 4.78 is 27.4. The molecule has 0 amide bonds. The Hall–Kier alpha value is -2.60. The van der Waals surface area contributed by atoms with Crippen LogP contribution in [0.25, 0.3) is 0 Å². The van der Waals surface area contributed by atoms with E-state index in [9.17, 15) is 13.2 Å². The predicted octanol–water partition coefficient (Wildman–Crippen LogP) is 2.62. The Labute approximate surface area is 141 Å². The third-order valence-corrected chi connectivity index (χ3v) is 5.51. The minimum absolute atomic E-state index is 0.179. The standard InChI is InChI=1S/C18H18N2O3S/c1-19(2)13-17-18(21)15-10-6-7-11-16(15)20(24(17,22)23)12-14-8-4-3-5-9-14/h3-11,13H,12H2,1-2H3/b17-13-. The molecular formula is C18H18N2O3S. The fourth-order valence-corrected chi connectivity index (χ4v) is 4.32. The molecule has 2 aromatic carbocycles. The first-order valence-corrected chi connectivity index (χ1v) is 8.94. The topological polar surface area (TPSA) is 57.7 Å². The van der Waals surface area contributed by atoms with Crippen LogP contribution in [0.2, 0.25) is 0 Å². The Morgan fingerprint density at radius 2 is 1.62 bits per heavy atom. The molecule has 5 nitrogen and oxygen atoms in total. The Kier molecular flexibility index (Phi) is 4.15. The Bertz CT molecular complexity index is 903. The van der Waals surface area contributed by atoms with Crippen molar-refractivity contribution in [2.45, 2.75) is 6.54 Å². The van der Waals surface area contributed by atoms with E-state index in [2.05, 4.69) is 0 Å². The van der Waals surface area contributed by atoms with Crippen molar-refractivity contribution in [1.29, 1.82) is 0 Å². The van der Waals surface area contributed by atoms with Gasteiger partial charge in [-0.15, -0.1) is 0 Å². The van der Waals surface area contributed by atoms with E-state index in [-0.39, 0.29) is 11.4 Å². The predicted molar refractivity (Wildman–Crippen MR) is 94.1 cm³/mol. The van der Waals surface area contributed by atoms with Crippen LogP contribution in [0.15, 0.2) is 65.7 Å². The largest absolute Gasteiger partial charge is 0.382 e. The van der Waals surface area contributed by atoms with Gasteiger partial charge in [-0.05, 0) is 17.7 Å². The van der Waals surface area contributed by atoms with E-state index in [0.29, 0.717) is 11.3 Å². The third-order valence-electron chi connectivity index (χ3n) is 3.75. The van der Waals surface area contributed by atoms with Gasteiger partial charge >= 0.3 is 0 Å². The zero-order chi connectivity index (χ0) is 17.3. The summed E-state index contributed by atoms with van der Waals surface area (Å²) in [7, 11) is -0.532. The second-order valence-electron chi connectivity index (χ2n) is 5.80. The first-order chi connectivity index (χ1) is 11.4. The fourth-order valence-electron chi connectivity index (χ4n) is 2.66. The van der Waals surface area contributed by atoms with Crippen molar-refractivity contribution in [2.75, 3.05) is 18.4 Å². The van der Waals surface area contributed by atoms with Crippen LogP contribution >= 0.6 is 0 Å². The van der Waals surface area contributed by atoms with Crippen molar-refractivity contribution in [3.8, 4) is 0 Å². The highest BCUT2D eigenvalue weighted by Gasteiger charge is 2.40. The van der Waals surface area contributed by atoms with E-state index in [1.54, 1.807) is 43.3 Å². The number of carbonyl (C=O) groups is 1. The molecule has 0 bridgehead atoms. The minimum atomic E-state index is -3.92. The van der Waals surface area contributed by atoms with E-state index < -0.39 is 15.8 Å². The van der Waals surface area contributed by atoms with Crippen LogP contribution in [0.1, 0.15) is 15.9 Å². The van der Waals surface area contributed by atoms with Crippen LogP contribution in [0.3, 0.4) is 0 Å². The monoisotopic (exact) mass is 342 g/mol. The summed E-state index contributed by atoms with van der Waals surface area (Å²) in [5, 5.41) is 0. The molecule has 6 heteroatoms. The number of para-hydroxylation sites is 1. The van der Waals surface area contributed by atoms with Crippen molar-refractivity contribution in [3.63, 3.8) is 0 Å². The van der Waals surface area contributed by atoms with Crippen LogP contribution < -0.4 is 4.31 Å². The fraction of sp³-hybridized carbons (Fsp3) is 0.167. The highest BCUT2D eigenvalue weighted by atomic mass is 32.2. The molecule has 0 fully saturated rings. The zero-order valence-corrected chi connectivity index (χ0v) is 14.3. The lowest BCUT2D eigenvalue weighted by Crippen LogP contribution is -2.39. The molecule has 124 valence electrons. The van der Waals surface area contributed by atoms with Crippen LogP contribution in [0.4, 0.5) is 5.69 Å². The number of carbonyl (C=O) groups excluding carboxylic acids is 1. The average molecular weight is 342 g/mol. The zero-order valence-electron chi connectivity index (χ0n) is 13.5. The van der Waals surface area contributed by atoms with Crippen LogP contribution in [-0.4, -0.2) is 33.2 Å². The Balaban J connectivity index is 2.18. The number of sulfonamides is 1. The van der Waals surface area contributed by atoms with Gasteiger partial charge in [0.15, 0.2) is 4.91 Å². The number of anilines is 1. The number of rotatable bonds is 3. The van der Waals surface area contributed by atoms with Gasteiger partial charge in [0.2, 0.25) is 5.78 Å². The highest BCUT2D eigenvalue weighted by Crippen LogP contribution is 2.36. The van der Waals surface area contributed by atoms with E-state index >= 15 is 0 Å². The van der Waals surface area contributed by atoms with Crippen LogP contribution in [0, 0.1) is 0 Å². The molecule has 24 heavy (non-hydrogen) atoms. The third kappa shape index (κ3) is 2.80. The quantitative estimate of drug-likeness (QED) is 0.805. The van der Waals surface area contributed by atoms with E-state index in [1.165, 1.54) is 10.5 Å². The molecular weight excluding hydrogens is 324 g/mol. The number of fused-ring (bicyclic) bond motifs is 1. The minimum Gasteiger partial charge on any atom is -0.382 e. The molecule has 0 radical (unpaired) electrons. The number of benzene rings is 2. The molecule has 2 aromatic rings. The normalized spacial score (nSPS) is 17.7. The molecule has 1 aliphatic rings. The van der Waals surface area contributed by atoms with Crippen molar-refractivity contribution in [1.82, 2.24) is 4.90 Å². The average Bonchev–Trinajstić information content (AvgIpc) is 2.56. The molecule has 0 saturated heterocycles. The summed E-state index contributed by atoms with van der Waals surface area (Å²) in [4.78, 5) is 14.0. The van der Waals surface area contributed by atoms with Crippen LogP contribution in [-0.2, 0) is 16.6 Å². The lowest BCUT2D eigenvalue weighted by molar-refractivity contribution is 0.104. The lowest BCUT2D eigenvalue weighted by Gasteiger charge is -2.31. The number of allylic oxidation sites excluding steroid dienone is 1. The smallest absolute Gasteiger partial charge is 0.270 e. The molecule has 0 saturated carbocycles. The molecule has 0 aliphatic carbocycles. The Morgan fingerprint density at radius 1 is 1.00 bits per heavy atom. The summed E-state index contributed by atoms with van der Waals surface area (Å²) in [6, 6.07) is 16.1. The number of Topliss-reactive ketones (excluding diaryl/α,β-unsaturated/α-hetero) is 1. The van der Waals surface area contributed by atoms with E-state index in [4.69, 9.17) is 0 Å². The molecule has 1 heterocycles. The molecule has 0 atom stereocenters. The SMILES string of the molecule is CN(C)/C=C1/C(=O)c2ccccc2N(Cc2ccccc2)S1(=O)=O. The summed E-state index contributed by atoms with van der Waals surface area (Å²) in [6.07, 6.45) is 1.37. The van der Waals surface area contributed by atoms with Crippen molar-refractivity contribution in [3.05, 3.63) is 76.8 Å². The van der Waals surface area contributed by atoms with Crippen molar-refractivity contribution in [2.24, 2.45) is 0 Å². The maximum atomic E-state index is 13.0. The number of hydrogen-bond acceptors (Lipinski definition) is 4. The number of nitrogens with zero attached hydrogens (tertiary/aromatic N) is 2. The molecule has 3 rings (SSSR count). The van der Waals surface area contributed by atoms with Crippen molar-refractivity contribution < 1.29 is 13.2 Å². The molecule has 0 N–H and O–H groups in total. The highest BCUT2D eigenvalue weighted by molar-refractivity contribution is 7.97. The summed E-state index contributed by atoms with van der Waals surface area (Å²) in [5.41, 5.74) is 1.67. The molecule has 0 unspecified atom stereocenters. The number of hydrogen-bond donors (Lipinski definition) is 0. The summed E-state index contributed by atoms with van der Waals surface area (Å²) in [5.74, 6) is -0.469. The Morgan fingerprint density at radius 3 is 2.29 bits per heavy atom. The van der Waals surface area contributed by atoms with Gasteiger partial charge in [0, 0.05) is 25.9 Å². The van der Waals surface area contributed by atoms with Crippen molar-refractivity contribution >= 4 is 21.5 Å². The van der Waals surface area contributed by atoms with Gasteiger partial charge in [0.25, 0.3) is 10.0 Å². The maximum Gasteiger partial charge on any atom is 0.270 e. The van der Waals surface area contributed by atoms with Gasteiger partial charge < -0.3 is 4.90 Å². The molecule has 0 spiro atoms. The number of ketones is 1. The van der Waals surface area contributed by atoms with E-state index in [0.717, 1.165) is 5.56 Å². The van der Waals surface area contributed by atoms with Gasteiger partial charge in [-0.3, -0.25) is 9.10 Å². The molecule has 1 aliphatic heterocycles. The first kappa shape index (κ1) is 16.3. The van der Waals surface area contributed by atoms with E-state index in [1.807, 2.05) is 30.3 Å². The first-order valence-electron chi connectivity index (χ1n) is 7.50.